The molecule has 1 atom stereocenters. The van der Waals surface area contributed by atoms with Crippen molar-refractivity contribution >= 4 is 0 Å². The summed E-state index contributed by atoms with van der Waals surface area (Å²) in [6, 6.07) is 8.68. The zero-order valence-corrected chi connectivity index (χ0v) is 11.8. The van der Waals surface area contributed by atoms with Gasteiger partial charge in [0.25, 0.3) is 0 Å². The number of benzene rings is 1. The number of hydrogen-bond donors (Lipinski definition) is 1. The molecule has 0 radical (unpaired) electrons. The Kier molecular flexibility index (Phi) is 4.63. The van der Waals surface area contributed by atoms with E-state index in [1.807, 2.05) is 0 Å². The smallest absolute Gasteiger partial charge is 0.175 e. The van der Waals surface area contributed by atoms with Crippen molar-refractivity contribution in [2.45, 2.75) is 26.2 Å². The van der Waals surface area contributed by atoms with Gasteiger partial charge < -0.3 is 5.32 Å². The highest BCUT2D eigenvalue weighted by molar-refractivity contribution is 5.25. The van der Waals surface area contributed by atoms with Gasteiger partial charge in [0.15, 0.2) is 5.82 Å². The molecule has 0 saturated carbocycles. The maximum Gasteiger partial charge on any atom is 0.175 e. The first-order valence-corrected chi connectivity index (χ1v) is 6.69. The number of aromatic nitrogens is 4. The number of hydrogen-bond acceptors (Lipinski definition) is 4. The molecule has 0 aliphatic rings. The zero-order chi connectivity index (χ0) is 13.7. The van der Waals surface area contributed by atoms with Crippen LogP contribution in [-0.4, -0.2) is 33.3 Å². The number of aryl methyl sites for hydroxylation is 2. The van der Waals surface area contributed by atoms with E-state index < -0.39 is 0 Å². The van der Waals surface area contributed by atoms with Gasteiger partial charge in [0.2, 0.25) is 0 Å². The summed E-state index contributed by atoms with van der Waals surface area (Å²) in [4.78, 5) is 1.51. The molecular formula is C14H21N5. The molecule has 0 amide bonds. The van der Waals surface area contributed by atoms with Crippen molar-refractivity contribution in [1.29, 1.82) is 0 Å². The van der Waals surface area contributed by atoms with Gasteiger partial charge >= 0.3 is 0 Å². The first kappa shape index (κ1) is 13.7. The molecule has 2 rings (SSSR count). The highest BCUT2D eigenvalue weighted by Gasteiger charge is 2.14. The Balaban J connectivity index is 2.13. The minimum atomic E-state index is 0.379. The van der Waals surface area contributed by atoms with Crippen molar-refractivity contribution in [3.8, 4) is 0 Å². The molecule has 0 aliphatic heterocycles. The summed E-state index contributed by atoms with van der Waals surface area (Å²) in [7, 11) is 1.79. The quantitative estimate of drug-likeness (QED) is 0.853. The fourth-order valence-corrected chi connectivity index (χ4v) is 2.09. The van der Waals surface area contributed by atoms with Crippen LogP contribution >= 0.6 is 0 Å². The predicted octanol–water partition coefficient (Wildman–Crippen LogP) is 1.45. The summed E-state index contributed by atoms with van der Waals surface area (Å²) >= 11 is 0. The average molecular weight is 259 g/mol. The minimum Gasteiger partial charge on any atom is -0.316 e. The van der Waals surface area contributed by atoms with Crippen molar-refractivity contribution < 1.29 is 0 Å². The average Bonchev–Trinajstić information content (AvgIpc) is 2.81. The number of tetrazole rings is 1. The lowest BCUT2D eigenvalue weighted by Gasteiger charge is -2.16. The monoisotopic (exact) mass is 259 g/mol. The number of nitrogens with zero attached hydrogens (tertiary/aromatic N) is 4. The summed E-state index contributed by atoms with van der Waals surface area (Å²) in [6.45, 7) is 6.12. The minimum absolute atomic E-state index is 0.379. The summed E-state index contributed by atoms with van der Waals surface area (Å²) in [5.41, 5.74) is 2.60. The van der Waals surface area contributed by atoms with Crippen LogP contribution in [0.2, 0.25) is 0 Å². The molecule has 5 nitrogen and oxygen atoms in total. The molecule has 19 heavy (non-hydrogen) atoms. The van der Waals surface area contributed by atoms with Crippen molar-refractivity contribution in [2.24, 2.45) is 7.05 Å². The first-order chi connectivity index (χ1) is 9.19. The van der Waals surface area contributed by atoms with Crippen molar-refractivity contribution in [2.75, 3.05) is 13.1 Å². The van der Waals surface area contributed by atoms with E-state index in [0.717, 1.165) is 25.3 Å². The number of likely N-dealkylation sites (N-methyl/N-ethyl adjacent to an activating group) is 1. The highest BCUT2D eigenvalue weighted by Crippen LogP contribution is 2.19. The molecule has 1 N–H and O–H groups in total. The Morgan fingerprint density at radius 1 is 1.26 bits per heavy atom. The highest BCUT2D eigenvalue weighted by atomic mass is 15.6. The Hall–Kier alpha value is -1.75. The van der Waals surface area contributed by atoms with Crippen molar-refractivity contribution in [3.63, 3.8) is 0 Å². The molecule has 1 aromatic carbocycles. The molecule has 0 bridgehead atoms. The SMILES string of the molecule is CCNCC(Cc1nnn(C)n1)c1ccc(C)cc1. The van der Waals surface area contributed by atoms with E-state index in [2.05, 4.69) is 58.8 Å². The lowest BCUT2D eigenvalue weighted by molar-refractivity contribution is 0.577. The third-order valence-corrected chi connectivity index (χ3v) is 3.17. The maximum absolute atomic E-state index is 4.27. The second kappa shape index (κ2) is 6.43. The third kappa shape index (κ3) is 3.86. The molecular weight excluding hydrogens is 238 g/mol. The van der Waals surface area contributed by atoms with E-state index in [9.17, 15) is 0 Å². The van der Waals surface area contributed by atoms with Gasteiger partial charge in [0.05, 0.1) is 7.05 Å². The van der Waals surface area contributed by atoms with Gasteiger partial charge in [-0.3, -0.25) is 0 Å². The van der Waals surface area contributed by atoms with Crippen molar-refractivity contribution in [1.82, 2.24) is 25.5 Å². The van der Waals surface area contributed by atoms with E-state index in [4.69, 9.17) is 0 Å². The molecule has 1 aromatic heterocycles. The lowest BCUT2D eigenvalue weighted by atomic mass is 9.94. The van der Waals surface area contributed by atoms with E-state index in [1.54, 1.807) is 7.05 Å². The molecule has 1 heterocycles. The van der Waals surface area contributed by atoms with Crippen LogP contribution < -0.4 is 5.32 Å². The van der Waals surface area contributed by atoms with Gasteiger partial charge in [0, 0.05) is 18.9 Å². The fourth-order valence-electron chi connectivity index (χ4n) is 2.09. The van der Waals surface area contributed by atoms with Crippen LogP contribution in [-0.2, 0) is 13.5 Å². The van der Waals surface area contributed by atoms with Gasteiger partial charge in [-0.15, -0.1) is 10.2 Å². The van der Waals surface area contributed by atoms with Crippen LogP contribution in [0.4, 0.5) is 0 Å². The third-order valence-electron chi connectivity index (χ3n) is 3.17. The second-order valence-electron chi connectivity index (χ2n) is 4.81. The fraction of sp³-hybridized carbons (Fsp3) is 0.500. The van der Waals surface area contributed by atoms with Crippen LogP contribution in [0.15, 0.2) is 24.3 Å². The van der Waals surface area contributed by atoms with Crippen LogP contribution in [0.1, 0.15) is 29.8 Å². The van der Waals surface area contributed by atoms with Gasteiger partial charge in [-0.2, -0.15) is 4.80 Å². The molecule has 0 fully saturated rings. The Labute approximate surface area is 114 Å². The summed E-state index contributed by atoms with van der Waals surface area (Å²) < 4.78 is 0. The molecule has 1 unspecified atom stereocenters. The summed E-state index contributed by atoms with van der Waals surface area (Å²) in [5, 5.41) is 15.6. The lowest BCUT2D eigenvalue weighted by Crippen LogP contribution is -2.23. The van der Waals surface area contributed by atoms with E-state index in [1.165, 1.54) is 15.9 Å². The van der Waals surface area contributed by atoms with E-state index >= 15 is 0 Å². The largest absolute Gasteiger partial charge is 0.316 e. The number of rotatable bonds is 6. The van der Waals surface area contributed by atoms with Gasteiger partial charge in [-0.1, -0.05) is 36.8 Å². The Bertz CT molecular complexity index is 503. The standard InChI is InChI=1S/C14H21N5/c1-4-15-10-13(9-14-16-18-19(3)17-14)12-7-5-11(2)6-8-12/h5-8,13,15H,4,9-10H2,1-3H3. The van der Waals surface area contributed by atoms with E-state index in [-0.39, 0.29) is 0 Å². The Morgan fingerprint density at radius 2 is 2.00 bits per heavy atom. The van der Waals surface area contributed by atoms with Crippen LogP contribution in [0.5, 0.6) is 0 Å². The van der Waals surface area contributed by atoms with Gasteiger partial charge in [-0.25, -0.2) is 0 Å². The molecule has 0 aliphatic carbocycles. The van der Waals surface area contributed by atoms with Crippen LogP contribution in [0.3, 0.4) is 0 Å². The molecule has 102 valence electrons. The normalized spacial score (nSPS) is 12.6. The second-order valence-corrected chi connectivity index (χ2v) is 4.81. The Morgan fingerprint density at radius 3 is 2.58 bits per heavy atom. The summed E-state index contributed by atoms with van der Waals surface area (Å²) in [5.74, 6) is 1.18. The summed E-state index contributed by atoms with van der Waals surface area (Å²) in [6.07, 6.45) is 0.809. The molecule has 0 spiro atoms. The van der Waals surface area contributed by atoms with E-state index in [0.29, 0.717) is 5.92 Å². The maximum atomic E-state index is 4.27. The predicted molar refractivity (Wildman–Crippen MR) is 75.0 cm³/mol. The van der Waals surface area contributed by atoms with Crippen LogP contribution in [0, 0.1) is 6.92 Å². The van der Waals surface area contributed by atoms with Crippen molar-refractivity contribution in [3.05, 3.63) is 41.2 Å². The van der Waals surface area contributed by atoms with Gasteiger partial charge in [-0.05, 0) is 24.2 Å². The molecule has 5 heteroatoms. The zero-order valence-electron chi connectivity index (χ0n) is 11.8. The molecule has 0 saturated heterocycles. The number of nitrogens with one attached hydrogen (secondary N) is 1. The van der Waals surface area contributed by atoms with Crippen LogP contribution in [0.25, 0.3) is 0 Å². The van der Waals surface area contributed by atoms with Gasteiger partial charge in [0.1, 0.15) is 0 Å². The topological polar surface area (TPSA) is 55.6 Å². The first-order valence-electron chi connectivity index (χ1n) is 6.69. The molecule has 2 aromatic rings.